The summed E-state index contributed by atoms with van der Waals surface area (Å²) in [5.74, 6) is 1.36. The van der Waals surface area contributed by atoms with Gasteiger partial charge in [-0.3, -0.25) is 4.99 Å². The van der Waals surface area contributed by atoms with Gasteiger partial charge in [-0.2, -0.15) is 0 Å². The number of hydrogen-bond acceptors (Lipinski definition) is 4. The van der Waals surface area contributed by atoms with Crippen molar-refractivity contribution in [3.63, 3.8) is 0 Å². The molecular weight excluding hydrogens is 513 g/mol. The lowest BCUT2D eigenvalue weighted by Gasteiger charge is -2.34. The van der Waals surface area contributed by atoms with Crippen LogP contribution < -0.4 is 10.6 Å². The summed E-state index contributed by atoms with van der Waals surface area (Å²) in [4.78, 5) is 4.71. The minimum atomic E-state index is -3.21. The van der Waals surface area contributed by atoms with Crippen molar-refractivity contribution in [2.45, 2.75) is 62.2 Å². The Kier molecular flexibility index (Phi) is 9.87. The summed E-state index contributed by atoms with van der Waals surface area (Å²) in [7, 11) is -3.21. The molecule has 1 aliphatic carbocycles. The van der Waals surface area contributed by atoms with E-state index in [2.05, 4.69) is 41.0 Å². The van der Waals surface area contributed by atoms with Gasteiger partial charge >= 0.3 is 0 Å². The average molecular weight is 550 g/mol. The molecule has 1 heterocycles. The van der Waals surface area contributed by atoms with Crippen molar-refractivity contribution in [1.29, 1.82) is 0 Å². The maximum absolute atomic E-state index is 12.5. The van der Waals surface area contributed by atoms with E-state index in [-0.39, 0.29) is 30.5 Å². The van der Waals surface area contributed by atoms with Crippen LogP contribution in [0, 0.1) is 0 Å². The smallest absolute Gasteiger partial charge is 0.191 e. The molecule has 6 nitrogen and oxygen atoms in total. The summed E-state index contributed by atoms with van der Waals surface area (Å²) in [5.41, 5.74) is 1.43. The van der Waals surface area contributed by atoms with Gasteiger partial charge in [0.1, 0.15) is 0 Å². The predicted octanol–water partition coefficient (Wildman–Crippen LogP) is 3.48. The molecule has 1 saturated carbocycles. The third-order valence-corrected chi connectivity index (χ3v) is 8.51. The average Bonchev–Trinajstić information content (AvgIpc) is 2.73. The maximum Gasteiger partial charge on any atom is 0.191 e. The van der Waals surface area contributed by atoms with Crippen molar-refractivity contribution in [1.82, 2.24) is 10.6 Å². The fourth-order valence-electron chi connectivity index (χ4n) is 4.42. The van der Waals surface area contributed by atoms with Crippen LogP contribution in [0.1, 0.15) is 56.9 Å². The van der Waals surface area contributed by atoms with Gasteiger partial charge in [-0.05, 0) is 56.9 Å². The Morgan fingerprint density at radius 3 is 2.33 bits per heavy atom. The van der Waals surface area contributed by atoms with Gasteiger partial charge in [-0.1, -0.05) is 30.3 Å². The first-order valence-corrected chi connectivity index (χ1v) is 12.7. The lowest BCUT2D eigenvalue weighted by Crippen LogP contribution is -2.49. The van der Waals surface area contributed by atoms with Crippen molar-refractivity contribution in [2.75, 3.05) is 32.6 Å². The van der Waals surface area contributed by atoms with Crippen molar-refractivity contribution >= 4 is 39.8 Å². The van der Waals surface area contributed by atoms with Gasteiger partial charge in [-0.15, -0.1) is 24.0 Å². The summed E-state index contributed by atoms with van der Waals surface area (Å²) in [5, 5.41) is 6.84. The number of nitrogens with zero attached hydrogens (tertiary/aromatic N) is 1. The summed E-state index contributed by atoms with van der Waals surface area (Å²) in [6.07, 6.45) is 6.86. The van der Waals surface area contributed by atoms with Gasteiger partial charge in [0.05, 0.1) is 11.3 Å². The molecular formula is C22H36IN3O3S. The molecule has 2 fully saturated rings. The number of benzene rings is 1. The van der Waals surface area contributed by atoms with Crippen molar-refractivity contribution < 1.29 is 13.2 Å². The van der Waals surface area contributed by atoms with E-state index in [9.17, 15) is 8.42 Å². The number of guanidine groups is 1. The molecule has 2 aliphatic rings. The molecule has 1 aromatic rings. The summed E-state index contributed by atoms with van der Waals surface area (Å²) >= 11 is 0. The van der Waals surface area contributed by atoms with E-state index < -0.39 is 14.6 Å². The van der Waals surface area contributed by atoms with Crippen molar-refractivity contribution in [3.05, 3.63) is 35.9 Å². The van der Waals surface area contributed by atoms with Gasteiger partial charge in [0.25, 0.3) is 0 Å². The fraction of sp³-hybridized carbons (Fsp3) is 0.682. The second-order valence-corrected chi connectivity index (χ2v) is 10.8. The van der Waals surface area contributed by atoms with E-state index in [0.717, 1.165) is 38.2 Å². The van der Waals surface area contributed by atoms with Crippen LogP contribution in [0.5, 0.6) is 0 Å². The molecule has 0 spiro atoms. The molecule has 0 unspecified atom stereocenters. The zero-order valence-corrected chi connectivity index (χ0v) is 21.2. The van der Waals surface area contributed by atoms with Crippen LogP contribution in [-0.4, -0.2) is 57.7 Å². The van der Waals surface area contributed by atoms with Gasteiger partial charge in [0.15, 0.2) is 15.8 Å². The quantitative estimate of drug-likeness (QED) is 0.323. The van der Waals surface area contributed by atoms with E-state index in [0.29, 0.717) is 38.0 Å². The highest BCUT2D eigenvalue weighted by atomic mass is 127. The Hall–Kier alpha value is -0.870. The lowest BCUT2D eigenvalue weighted by atomic mass is 9.82. The Balaban J connectivity index is 0.00000320. The molecule has 2 N–H and O–H groups in total. The number of halogens is 1. The molecule has 0 atom stereocenters. The third-order valence-electron chi connectivity index (χ3n) is 6.40. The topological polar surface area (TPSA) is 79.8 Å². The Labute approximate surface area is 198 Å². The molecule has 170 valence electrons. The van der Waals surface area contributed by atoms with Crippen LogP contribution in [0.4, 0.5) is 0 Å². The maximum atomic E-state index is 12.5. The standard InChI is InChI=1S/C22H35N3O3S.HI/c1-3-23-21(24-17-22(29(2,26)27)13-15-28-16-14-22)25-20-11-9-19(10-12-20)18-7-5-4-6-8-18;/h4-8,19-20H,3,9-17H2,1-2H3,(H2,23,24,25);1H. The molecule has 30 heavy (non-hydrogen) atoms. The predicted molar refractivity (Wildman–Crippen MR) is 134 cm³/mol. The third kappa shape index (κ3) is 6.56. The molecule has 0 amide bonds. The normalized spacial score (nSPS) is 24.5. The molecule has 1 saturated heterocycles. The zero-order chi connectivity index (χ0) is 20.7. The van der Waals surface area contributed by atoms with Crippen molar-refractivity contribution in [2.24, 2.45) is 4.99 Å². The summed E-state index contributed by atoms with van der Waals surface area (Å²) < 4.78 is 29.5. The van der Waals surface area contributed by atoms with Gasteiger partial charge in [-0.25, -0.2) is 8.42 Å². The van der Waals surface area contributed by atoms with Crippen LogP contribution in [0.25, 0.3) is 0 Å². The largest absolute Gasteiger partial charge is 0.381 e. The summed E-state index contributed by atoms with van der Waals surface area (Å²) in [6.45, 7) is 4.03. The van der Waals surface area contributed by atoms with E-state index in [4.69, 9.17) is 9.73 Å². The van der Waals surface area contributed by atoms with Crippen LogP contribution in [0.3, 0.4) is 0 Å². The Morgan fingerprint density at radius 1 is 1.13 bits per heavy atom. The Bertz CT molecular complexity index is 772. The molecule has 1 aliphatic heterocycles. The van der Waals surface area contributed by atoms with Crippen LogP contribution in [-0.2, 0) is 14.6 Å². The Morgan fingerprint density at radius 2 is 1.77 bits per heavy atom. The molecule has 0 aromatic heterocycles. The van der Waals surface area contributed by atoms with Crippen LogP contribution >= 0.6 is 24.0 Å². The van der Waals surface area contributed by atoms with Gasteiger partial charge in [0, 0.05) is 32.1 Å². The van der Waals surface area contributed by atoms with E-state index in [1.807, 2.05) is 6.92 Å². The fourth-order valence-corrected chi connectivity index (χ4v) is 5.63. The second kappa shape index (κ2) is 11.7. The number of aliphatic imine (C=N–C) groups is 1. The number of sulfone groups is 1. The highest BCUT2D eigenvalue weighted by Crippen LogP contribution is 2.33. The first-order valence-electron chi connectivity index (χ1n) is 10.8. The molecule has 8 heteroatoms. The molecule has 0 bridgehead atoms. The second-order valence-electron chi connectivity index (χ2n) is 8.37. The molecule has 3 rings (SSSR count). The lowest BCUT2D eigenvalue weighted by molar-refractivity contribution is 0.0768. The van der Waals surface area contributed by atoms with E-state index >= 15 is 0 Å². The van der Waals surface area contributed by atoms with Gasteiger partial charge < -0.3 is 15.4 Å². The minimum absolute atomic E-state index is 0. The SMILES string of the molecule is CCNC(=NCC1(S(C)(=O)=O)CCOCC1)NC1CCC(c2ccccc2)CC1.I. The minimum Gasteiger partial charge on any atom is -0.381 e. The molecule has 1 aromatic carbocycles. The van der Waals surface area contributed by atoms with Crippen LogP contribution in [0.15, 0.2) is 35.3 Å². The first kappa shape index (κ1) is 25.4. The van der Waals surface area contributed by atoms with E-state index in [1.54, 1.807) is 0 Å². The first-order chi connectivity index (χ1) is 13.9. The number of nitrogens with one attached hydrogen (secondary N) is 2. The number of ether oxygens (including phenoxy) is 1. The van der Waals surface area contributed by atoms with E-state index in [1.165, 1.54) is 11.8 Å². The van der Waals surface area contributed by atoms with Gasteiger partial charge in [0.2, 0.25) is 0 Å². The van der Waals surface area contributed by atoms with Crippen molar-refractivity contribution in [3.8, 4) is 0 Å². The summed E-state index contributed by atoms with van der Waals surface area (Å²) in [6, 6.07) is 11.1. The highest BCUT2D eigenvalue weighted by Gasteiger charge is 2.42. The number of rotatable bonds is 6. The monoisotopic (exact) mass is 549 g/mol. The van der Waals surface area contributed by atoms with Crippen LogP contribution in [0.2, 0.25) is 0 Å². The number of hydrogen-bond donors (Lipinski definition) is 2. The molecule has 0 radical (unpaired) electrons. The zero-order valence-electron chi connectivity index (χ0n) is 18.1. The highest BCUT2D eigenvalue weighted by molar-refractivity contribution is 14.0.